The van der Waals surface area contributed by atoms with Gasteiger partial charge in [0, 0.05) is 0 Å². The van der Waals surface area contributed by atoms with Gasteiger partial charge in [0.1, 0.15) is 18.1 Å². The molecule has 0 atom stereocenters. The molecular weight excluding hydrogens is 328 g/mol. The topological polar surface area (TPSA) is 59.6 Å². The van der Waals surface area contributed by atoms with Gasteiger partial charge in [0.05, 0.1) is 18.8 Å². The molecule has 0 aliphatic carbocycles. The summed E-state index contributed by atoms with van der Waals surface area (Å²) >= 11 is 0. The van der Waals surface area contributed by atoms with Gasteiger partial charge in [0.25, 0.3) is 0 Å². The molecular formula is C21H28N2O3. The van der Waals surface area contributed by atoms with E-state index in [4.69, 9.17) is 9.47 Å². The minimum absolute atomic E-state index is 0.121. The summed E-state index contributed by atoms with van der Waals surface area (Å²) < 4.78 is 11.2. The van der Waals surface area contributed by atoms with Crippen molar-refractivity contribution in [3.05, 3.63) is 54.1 Å². The Hall–Kier alpha value is -2.69. The molecule has 0 radical (unpaired) electrons. The van der Waals surface area contributed by atoms with Crippen molar-refractivity contribution in [3.63, 3.8) is 0 Å². The van der Waals surface area contributed by atoms with Gasteiger partial charge in [-0.25, -0.2) is 4.79 Å². The lowest BCUT2D eigenvalue weighted by Gasteiger charge is -2.19. The Balaban J connectivity index is 1.75. The molecule has 2 rings (SSSR count). The molecule has 5 nitrogen and oxygen atoms in total. The van der Waals surface area contributed by atoms with Crippen LogP contribution in [0.25, 0.3) is 0 Å². The van der Waals surface area contributed by atoms with Crippen molar-refractivity contribution in [2.24, 2.45) is 0 Å². The van der Waals surface area contributed by atoms with Crippen LogP contribution in [-0.4, -0.2) is 25.8 Å². The number of benzene rings is 2. The van der Waals surface area contributed by atoms with Crippen LogP contribution in [0.3, 0.4) is 0 Å². The van der Waals surface area contributed by atoms with Crippen LogP contribution in [0.1, 0.15) is 33.3 Å². The number of carbonyl (C=O) groups is 1. The van der Waals surface area contributed by atoms with Gasteiger partial charge in [-0.1, -0.05) is 45.0 Å². The van der Waals surface area contributed by atoms with Crippen LogP contribution in [0.5, 0.6) is 11.5 Å². The Labute approximate surface area is 155 Å². The van der Waals surface area contributed by atoms with Crippen molar-refractivity contribution < 1.29 is 14.3 Å². The summed E-state index contributed by atoms with van der Waals surface area (Å²) in [6.07, 6.45) is 0. The number of rotatable bonds is 7. The number of nitrogens with one attached hydrogen (secondary N) is 2. The van der Waals surface area contributed by atoms with Gasteiger partial charge < -0.3 is 20.1 Å². The maximum atomic E-state index is 12.0. The number of ether oxygens (including phenoxy) is 2. The van der Waals surface area contributed by atoms with Crippen molar-refractivity contribution in [1.82, 2.24) is 5.32 Å². The molecule has 0 aliphatic heterocycles. The van der Waals surface area contributed by atoms with E-state index in [1.807, 2.05) is 37.3 Å². The van der Waals surface area contributed by atoms with Crippen LogP contribution in [0.15, 0.2) is 48.5 Å². The quantitative estimate of drug-likeness (QED) is 0.714. The molecule has 0 unspecified atom stereocenters. The Kier molecular flexibility index (Phi) is 6.89. The minimum atomic E-state index is -0.288. The number of hydrogen-bond acceptors (Lipinski definition) is 3. The molecule has 2 aromatic rings. The van der Waals surface area contributed by atoms with E-state index in [1.165, 1.54) is 5.56 Å². The first-order chi connectivity index (χ1) is 12.4. The highest BCUT2D eigenvalue weighted by molar-refractivity contribution is 5.90. The van der Waals surface area contributed by atoms with Crippen LogP contribution in [0, 0.1) is 0 Å². The second-order valence-electron chi connectivity index (χ2n) is 6.93. The van der Waals surface area contributed by atoms with Crippen molar-refractivity contribution in [3.8, 4) is 11.5 Å². The van der Waals surface area contributed by atoms with Crippen molar-refractivity contribution >= 4 is 11.7 Å². The average Bonchev–Trinajstić information content (AvgIpc) is 2.60. The molecule has 2 amide bonds. The average molecular weight is 356 g/mol. The normalized spacial score (nSPS) is 10.9. The SMILES string of the molecule is CCOc1ccccc1NC(=O)NCCOc1ccc(C(C)(C)C)cc1. The molecule has 0 aromatic heterocycles. The second kappa shape index (κ2) is 9.13. The zero-order valence-corrected chi connectivity index (χ0v) is 16.0. The molecule has 2 N–H and O–H groups in total. The van der Waals surface area contributed by atoms with Gasteiger partial charge in [-0.15, -0.1) is 0 Å². The fraction of sp³-hybridized carbons (Fsp3) is 0.381. The Morgan fingerprint density at radius 1 is 1.00 bits per heavy atom. The number of hydrogen-bond donors (Lipinski definition) is 2. The number of amides is 2. The zero-order chi connectivity index (χ0) is 19.0. The first-order valence-corrected chi connectivity index (χ1v) is 8.90. The summed E-state index contributed by atoms with van der Waals surface area (Å²) in [5, 5.41) is 5.56. The third kappa shape index (κ3) is 5.99. The molecule has 0 fully saturated rings. The predicted octanol–water partition coefficient (Wildman–Crippen LogP) is 4.58. The first-order valence-electron chi connectivity index (χ1n) is 8.90. The van der Waals surface area contributed by atoms with E-state index in [-0.39, 0.29) is 11.4 Å². The van der Waals surface area contributed by atoms with Crippen LogP contribution in [0.2, 0.25) is 0 Å². The zero-order valence-electron chi connectivity index (χ0n) is 16.0. The summed E-state index contributed by atoms with van der Waals surface area (Å²) in [6.45, 7) is 9.78. The van der Waals surface area contributed by atoms with E-state index in [0.717, 1.165) is 5.75 Å². The van der Waals surface area contributed by atoms with Crippen molar-refractivity contribution in [2.75, 3.05) is 25.1 Å². The molecule has 26 heavy (non-hydrogen) atoms. The molecule has 0 bridgehead atoms. The summed E-state index contributed by atoms with van der Waals surface area (Å²) in [4.78, 5) is 12.0. The molecule has 0 aliphatic rings. The Morgan fingerprint density at radius 2 is 1.69 bits per heavy atom. The molecule has 2 aromatic carbocycles. The smallest absolute Gasteiger partial charge is 0.319 e. The largest absolute Gasteiger partial charge is 0.492 e. The predicted molar refractivity (Wildman–Crippen MR) is 105 cm³/mol. The van der Waals surface area contributed by atoms with E-state index in [1.54, 1.807) is 6.07 Å². The number of para-hydroxylation sites is 2. The molecule has 0 heterocycles. The van der Waals surface area contributed by atoms with Crippen LogP contribution < -0.4 is 20.1 Å². The van der Waals surface area contributed by atoms with Gasteiger partial charge in [0.15, 0.2) is 0 Å². The highest BCUT2D eigenvalue weighted by Gasteiger charge is 2.13. The lowest BCUT2D eigenvalue weighted by atomic mass is 9.87. The van der Waals surface area contributed by atoms with E-state index in [9.17, 15) is 4.79 Å². The summed E-state index contributed by atoms with van der Waals surface area (Å²) in [7, 11) is 0. The van der Waals surface area contributed by atoms with Gasteiger partial charge in [0.2, 0.25) is 0 Å². The maximum Gasteiger partial charge on any atom is 0.319 e. The maximum absolute atomic E-state index is 12.0. The van der Waals surface area contributed by atoms with E-state index in [0.29, 0.717) is 31.2 Å². The van der Waals surface area contributed by atoms with E-state index in [2.05, 4.69) is 43.5 Å². The Morgan fingerprint density at radius 3 is 2.35 bits per heavy atom. The number of carbonyl (C=O) groups excluding carboxylic acids is 1. The third-order valence-electron chi connectivity index (χ3n) is 3.81. The number of urea groups is 1. The van der Waals surface area contributed by atoms with Crippen molar-refractivity contribution in [2.45, 2.75) is 33.1 Å². The summed E-state index contributed by atoms with van der Waals surface area (Å²) in [5.74, 6) is 1.45. The third-order valence-corrected chi connectivity index (χ3v) is 3.81. The van der Waals surface area contributed by atoms with Crippen molar-refractivity contribution in [1.29, 1.82) is 0 Å². The highest BCUT2D eigenvalue weighted by Crippen LogP contribution is 2.24. The molecule has 0 saturated heterocycles. The molecule has 5 heteroatoms. The molecule has 0 spiro atoms. The Bertz CT molecular complexity index is 706. The van der Waals surface area contributed by atoms with Gasteiger partial charge in [-0.3, -0.25) is 0 Å². The standard InChI is InChI=1S/C21H28N2O3/c1-5-25-19-9-7-6-8-18(19)23-20(24)22-14-15-26-17-12-10-16(11-13-17)21(2,3)4/h6-13H,5,14-15H2,1-4H3,(H2,22,23,24). The summed E-state index contributed by atoms with van der Waals surface area (Å²) in [6, 6.07) is 15.1. The lowest BCUT2D eigenvalue weighted by molar-refractivity contribution is 0.247. The minimum Gasteiger partial charge on any atom is -0.492 e. The van der Waals surface area contributed by atoms with Crippen LogP contribution >= 0.6 is 0 Å². The van der Waals surface area contributed by atoms with Gasteiger partial charge >= 0.3 is 6.03 Å². The molecule has 140 valence electrons. The van der Waals surface area contributed by atoms with E-state index < -0.39 is 0 Å². The second-order valence-corrected chi connectivity index (χ2v) is 6.93. The van der Waals surface area contributed by atoms with Gasteiger partial charge in [-0.05, 0) is 42.2 Å². The van der Waals surface area contributed by atoms with Crippen LogP contribution in [0.4, 0.5) is 10.5 Å². The fourth-order valence-corrected chi connectivity index (χ4v) is 2.40. The van der Waals surface area contributed by atoms with Crippen LogP contribution in [-0.2, 0) is 5.41 Å². The highest BCUT2D eigenvalue weighted by atomic mass is 16.5. The van der Waals surface area contributed by atoms with E-state index >= 15 is 0 Å². The lowest BCUT2D eigenvalue weighted by Crippen LogP contribution is -2.32. The van der Waals surface area contributed by atoms with Gasteiger partial charge in [-0.2, -0.15) is 0 Å². The fourth-order valence-electron chi connectivity index (χ4n) is 2.40. The monoisotopic (exact) mass is 356 g/mol. The summed E-state index contributed by atoms with van der Waals surface area (Å²) in [5.41, 5.74) is 2.02. The first kappa shape index (κ1) is 19.6. The number of anilines is 1. The molecule has 0 saturated carbocycles.